The first kappa shape index (κ1) is 18.0. The van der Waals surface area contributed by atoms with Crippen LogP contribution in [0.15, 0.2) is 65.7 Å². The molecular formula is C22H24N2O2. The number of benzene rings is 3. The number of aromatic hydroxyl groups is 1. The summed E-state index contributed by atoms with van der Waals surface area (Å²) in [7, 11) is 5.74. The lowest BCUT2D eigenvalue weighted by molar-refractivity contribution is 0.295. The van der Waals surface area contributed by atoms with Crippen molar-refractivity contribution in [2.45, 2.75) is 6.04 Å². The first-order chi connectivity index (χ1) is 12.6. The van der Waals surface area contributed by atoms with E-state index in [0.29, 0.717) is 6.54 Å². The molecule has 0 unspecified atom stereocenters. The van der Waals surface area contributed by atoms with E-state index in [-0.39, 0.29) is 11.8 Å². The third-order valence-electron chi connectivity index (χ3n) is 4.57. The molecule has 0 spiro atoms. The molecule has 1 N–H and O–H groups in total. The van der Waals surface area contributed by atoms with Crippen molar-refractivity contribution < 1.29 is 9.84 Å². The normalized spacial score (nSPS) is 12.8. The molecule has 0 bridgehead atoms. The lowest BCUT2D eigenvalue weighted by atomic mass is 10.0. The number of rotatable bonds is 6. The molecule has 3 aromatic rings. The Balaban J connectivity index is 1.90. The molecule has 0 aliphatic heterocycles. The smallest absolute Gasteiger partial charge is 0.124 e. The van der Waals surface area contributed by atoms with Gasteiger partial charge in [-0.15, -0.1) is 0 Å². The van der Waals surface area contributed by atoms with Gasteiger partial charge in [-0.05, 0) is 37.0 Å². The van der Waals surface area contributed by atoms with Crippen LogP contribution < -0.4 is 4.74 Å². The molecule has 0 fully saturated rings. The molecule has 0 aromatic heterocycles. The molecule has 3 aromatic carbocycles. The number of para-hydroxylation sites is 1. The summed E-state index contributed by atoms with van der Waals surface area (Å²) in [4.78, 5) is 6.77. The van der Waals surface area contributed by atoms with Gasteiger partial charge in [0.1, 0.15) is 11.5 Å². The molecule has 134 valence electrons. The van der Waals surface area contributed by atoms with E-state index < -0.39 is 0 Å². The summed E-state index contributed by atoms with van der Waals surface area (Å²) >= 11 is 0. The predicted octanol–water partition coefficient (Wildman–Crippen LogP) is 4.28. The predicted molar refractivity (Wildman–Crippen MR) is 107 cm³/mol. The topological polar surface area (TPSA) is 45.1 Å². The maximum atomic E-state index is 10.3. The molecule has 26 heavy (non-hydrogen) atoms. The van der Waals surface area contributed by atoms with Gasteiger partial charge in [0, 0.05) is 17.3 Å². The molecule has 3 rings (SSSR count). The Labute approximate surface area is 154 Å². The monoisotopic (exact) mass is 348 g/mol. The highest BCUT2D eigenvalue weighted by Gasteiger charge is 2.17. The van der Waals surface area contributed by atoms with Crippen LogP contribution in [-0.2, 0) is 0 Å². The highest BCUT2D eigenvalue weighted by atomic mass is 16.5. The van der Waals surface area contributed by atoms with E-state index in [9.17, 15) is 5.11 Å². The van der Waals surface area contributed by atoms with Crippen molar-refractivity contribution in [3.63, 3.8) is 0 Å². The highest BCUT2D eigenvalue weighted by molar-refractivity contribution is 6.02. The molecule has 0 aliphatic carbocycles. The summed E-state index contributed by atoms with van der Waals surface area (Å²) in [6.45, 7) is 0.566. The van der Waals surface area contributed by atoms with Gasteiger partial charge in [0.25, 0.3) is 0 Å². The number of hydrogen-bond donors (Lipinski definition) is 1. The third-order valence-corrected chi connectivity index (χ3v) is 4.57. The average molecular weight is 348 g/mol. The first-order valence-electron chi connectivity index (χ1n) is 8.61. The fraction of sp³-hybridized carbons (Fsp3) is 0.227. The average Bonchev–Trinajstić information content (AvgIpc) is 2.66. The Bertz CT molecular complexity index is 919. The van der Waals surface area contributed by atoms with Gasteiger partial charge < -0.3 is 14.7 Å². The largest absolute Gasteiger partial charge is 0.507 e. The summed E-state index contributed by atoms with van der Waals surface area (Å²) in [5, 5.41) is 12.3. The van der Waals surface area contributed by atoms with Crippen LogP contribution >= 0.6 is 0 Å². The second-order valence-corrected chi connectivity index (χ2v) is 6.44. The van der Waals surface area contributed by atoms with E-state index in [4.69, 9.17) is 4.74 Å². The molecule has 0 aliphatic rings. The molecule has 4 nitrogen and oxygen atoms in total. The molecule has 0 saturated carbocycles. The van der Waals surface area contributed by atoms with Gasteiger partial charge >= 0.3 is 0 Å². The van der Waals surface area contributed by atoms with Crippen LogP contribution in [-0.4, -0.2) is 44.0 Å². The summed E-state index contributed by atoms with van der Waals surface area (Å²) in [5.74, 6) is 1.10. The molecule has 0 amide bonds. The van der Waals surface area contributed by atoms with Crippen molar-refractivity contribution >= 4 is 17.0 Å². The Morgan fingerprint density at radius 2 is 1.77 bits per heavy atom. The number of likely N-dealkylation sites (N-methyl/N-ethyl adjacent to an activating group) is 1. The summed E-state index contributed by atoms with van der Waals surface area (Å²) in [5.41, 5.74) is 1.85. The van der Waals surface area contributed by atoms with Crippen LogP contribution in [0, 0.1) is 0 Å². The summed E-state index contributed by atoms with van der Waals surface area (Å²) < 4.78 is 5.50. The number of phenolic OH excluding ortho intramolecular Hbond substituents is 1. The van der Waals surface area contributed by atoms with Crippen LogP contribution in [0.4, 0.5) is 0 Å². The SMILES string of the molecule is COc1ccccc1[C@@H](CN=Cc1c(O)ccc2ccccc12)N(C)C. The van der Waals surface area contributed by atoms with Crippen molar-refractivity contribution in [3.05, 3.63) is 71.8 Å². The van der Waals surface area contributed by atoms with E-state index in [1.807, 2.05) is 62.6 Å². The van der Waals surface area contributed by atoms with Crippen molar-refractivity contribution in [1.82, 2.24) is 4.90 Å². The number of aliphatic imine (C=N–C) groups is 1. The number of hydrogen-bond acceptors (Lipinski definition) is 4. The van der Waals surface area contributed by atoms with Crippen LogP contribution in [0.1, 0.15) is 17.2 Å². The van der Waals surface area contributed by atoms with Gasteiger partial charge in [-0.3, -0.25) is 4.99 Å². The second kappa shape index (κ2) is 8.02. The highest BCUT2D eigenvalue weighted by Crippen LogP contribution is 2.29. The fourth-order valence-corrected chi connectivity index (χ4v) is 3.15. The van der Waals surface area contributed by atoms with Gasteiger partial charge in [0.05, 0.1) is 19.7 Å². The first-order valence-corrected chi connectivity index (χ1v) is 8.61. The molecule has 0 radical (unpaired) electrons. The Kier molecular flexibility index (Phi) is 5.54. The van der Waals surface area contributed by atoms with Crippen LogP contribution in [0.25, 0.3) is 10.8 Å². The number of ether oxygens (including phenoxy) is 1. The Morgan fingerprint density at radius 3 is 2.54 bits per heavy atom. The van der Waals surface area contributed by atoms with Crippen LogP contribution in [0.3, 0.4) is 0 Å². The summed E-state index contributed by atoms with van der Waals surface area (Å²) in [6.07, 6.45) is 1.77. The van der Waals surface area contributed by atoms with E-state index in [1.54, 1.807) is 19.4 Å². The fourth-order valence-electron chi connectivity index (χ4n) is 3.15. The molecule has 1 atom stereocenters. The minimum Gasteiger partial charge on any atom is -0.507 e. The van der Waals surface area contributed by atoms with Crippen molar-refractivity contribution in [3.8, 4) is 11.5 Å². The minimum atomic E-state index is 0.0829. The zero-order valence-corrected chi connectivity index (χ0v) is 15.4. The molecular weight excluding hydrogens is 324 g/mol. The van der Waals surface area contributed by atoms with Crippen molar-refractivity contribution in [2.75, 3.05) is 27.7 Å². The van der Waals surface area contributed by atoms with Crippen molar-refractivity contribution in [2.24, 2.45) is 4.99 Å². The lowest BCUT2D eigenvalue weighted by Gasteiger charge is -2.24. The maximum absolute atomic E-state index is 10.3. The maximum Gasteiger partial charge on any atom is 0.124 e. The van der Waals surface area contributed by atoms with Gasteiger partial charge in [0.15, 0.2) is 0 Å². The Morgan fingerprint density at radius 1 is 1.04 bits per heavy atom. The third kappa shape index (κ3) is 3.70. The van der Waals surface area contributed by atoms with E-state index in [0.717, 1.165) is 27.6 Å². The van der Waals surface area contributed by atoms with E-state index in [2.05, 4.69) is 16.0 Å². The van der Waals surface area contributed by atoms with Gasteiger partial charge in [-0.1, -0.05) is 48.5 Å². The van der Waals surface area contributed by atoms with E-state index >= 15 is 0 Å². The lowest BCUT2D eigenvalue weighted by Crippen LogP contribution is -2.23. The number of phenols is 1. The number of nitrogens with zero attached hydrogens (tertiary/aromatic N) is 2. The van der Waals surface area contributed by atoms with Crippen molar-refractivity contribution in [1.29, 1.82) is 0 Å². The standard InChI is InChI=1S/C22H24N2O2/c1-24(2)20(18-10-6-7-11-22(18)26-3)15-23-14-19-17-9-5-4-8-16(17)12-13-21(19)25/h4-14,20,25H,15H2,1-3H3/t20-/m1/s1. The minimum absolute atomic E-state index is 0.0829. The van der Waals surface area contributed by atoms with E-state index in [1.165, 1.54) is 0 Å². The zero-order chi connectivity index (χ0) is 18.5. The molecule has 0 saturated heterocycles. The van der Waals surface area contributed by atoms with Crippen LogP contribution in [0.5, 0.6) is 11.5 Å². The van der Waals surface area contributed by atoms with Crippen LogP contribution in [0.2, 0.25) is 0 Å². The molecule has 0 heterocycles. The quantitative estimate of drug-likeness (QED) is 0.677. The van der Waals surface area contributed by atoms with Gasteiger partial charge in [-0.2, -0.15) is 0 Å². The molecule has 4 heteroatoms. The van der Waals surface area contributed by atoms with Gasteiger partial charge in [-0.25, -0.2) is 0 Å². The Hall–Kier alpha value is -2.85. The summed E-state index contributed by atoms with van der Waals surface area (Å²) in [6, 6.07) is 19.7. The van der Waals surface area contributed by atoms with Gasteiger partial charge in [0.2, 0.25) is 0 Å². The number of fused-ring (bicyclic) bond motifs is 1. The zero-order valence-electron chi connectivity index (χ0n) is 15.4. The second-order valence-electron chi connectivity index (χ2n) is 6.44. The number of methoxy groups -OCH3 is 1.